The monoisotopic (exact) mass is 802 g/mol. The molecule has 0 atom stereocenters. The molecule has 0 saturated heterocycles. The van der Waals surface area contributed by atoms with E-state index < -0.39 is 5.97 Å². The van der Waals surface area contributed by atoms with Gasteiger partial charge < -0.3 is 23.9 Å². The highest BCUT2D eigenvalue weighted by Crippen LogP contribution is 2.44. The van der Waals surface area contributed by atoms with E-state index in [1.165, 1.54) is 0 Å². The van der Waals surface area contributed by atoms with Crippen LogP contribution in [0.1, 0.15) is 72.3 Å². The second kappa shape index (κ2) is 14.7. The lowest BCUT2D eigenvalue weighted by molar-refractivity contribution is 0.0687. The number of hydrogen-bond donors (Lipinski definition) is 1. The molecule has 12 heteroatoms. The highest BCUT2D eigenvalue weighted by molar-refractivity contribution is 6.36. The third-order valence-electron chi connectivity index (χ3n) is 11.3. The van der Waals surface area contributed by atoms with Crippen molar-refractivity contribution in [1.29, 1.82) is 0 Å². The highest BCUT2D eigenvalue weighted by atomic mass is 35.5. The number of carbonyl (C=O) groups is 2. The number of halogens is 2. The number of pyridine rings is 1. The van der Waals surface area contributed by atoms with Crippen molar-refractivity contribution in [2.75, 3.05) is 18.1 Å². The van der Waals surface area contributed by atoms with E-state index in [1.807, 2.05) is 82.7 Å². The number of fused-ring (bicyclic) bond motifs is 4. The number of benzene rings is 3. The molecule has 0 spiro atoms. The van der Waals surface area contributed by atoms with E-state index in [2.05, 4.69) is 28.6 Å². The van der Waals surface area contributed by atoms with Gasteiger partial charge in [-0.25, -0.2) is 4.79 Å². The van der Waals surface area contributed by atoms with Crippen LogP contribution >= 0.6 is 23.2 Å². The lowest BCUT2D eigenvalue weighted by atomic mass is 9.98. The molecule has 7 aromatic rings. The maximum absolute atomic E-state index is 15.4. The molecule has 4 aromatic heterocycles. The number of nitrogens with zero attached hydrogens (tertiary/aromatic N) is 6. The Kier molecular flexibility index (Phi) is 9.90. The zero-order valence-electron chi connectivity index (χ0n) is 33.1. The average molecular weight is 804 g/mol. The van der Waals surface area contributed by atoms with Gasteiger partial charge in [0.05, 0.1) is 46.3 Å². The number of aryl methyl sites for hydroxylation is 7. The van der Waals surface area contributed by atoms with Crippen molar-refractivity contribution in [3.05, 3.63) is 127 Å². The van der Waals surface area contributed by atoms with E-state index in [9.17, 15) is 9.90 Å². The van der Waals surface area contributed by atoms with E-state index >= 15 is 4.79 Å². The largest absolute Gasteiger partial charge is 0.494 e. The quantitative estimate of drug-likeness (QED) is 0.138. The molecule has 57 heavy (non-hydrogen) atoms. The van der Waals surface area contributed by atoms with E-state index in [-0.39, 0.29) is 24.7 Å². The first-order valence-electron chi connectivity index (χ1n) is 19.1. The van der Waals surface area contributed by atoms with Crippen LogP contribution in [-0.2, 0) is 26.6 Å². The van der Waals surface area contributed by atoms with Crippen LogP contribution < -0.4 is 9.64 Å². The minimum atomic E-state index is -1.15. The highest BCUT2D eigenvalue weighted by Gasteiger charge is 2.38. The zero-order valence-corrected chi connectivity index (χ0v) is 34.6. The van der Waals surface area contributed by atoms with Gasteiger partial charge in [0.15, 0.2) is 5.69 Å². The van der Waals surface area contributed by atoms with Gasteiger partial charge in [-0.15, -0.1) is 0 Å². The van der Waals surface area contributed by atoms with Crippen molar-refractivity contribution in [3.63, 3.8) is 0 Å². The summed E-state index contributed by atoms with van der Waals surface area (Å²) in [6, 6.07) is 17.6. The van der Waals surface area contributed by atoms with Gasteiger partial charge in [-0.1, -0.05) is 47.5 Å². The number of para-hydroxylation sites is 1. The zero-order chi connectivity index (χ0) is 40.4. The van der Waals surface area contributed by atoms with Gasteiger partial charge in [0.1, 0.15) is 11.4 Å². The molecule has 1 amide bonds. The summed E-state index contributed by atoms with van der Waals surface area (Å²) < 4.78 is 12.0. The molecule has 10 nitrogen and oxygen atoms in total. The number of aromatic carboxylic acids is 1. The number of carboxylic acids is 1. The van der Waals surface area contributed by atoms with Crippen molar-refractivity contribution in [2.24, 2.45) is 7.05 Å². The molecule has 1 aliphatic heterocycles. The minimum Gasteiger partial charge on any atom is -0.494 e. The Balaban J connectivity index is 1.29. The SMILES string of the molecule is Cc1ccnc(Cn2c(C(=O)O)c(N3CCn4c(c(CCCOc5cc(C)c(Cl)c(C)c5)c5cccc(-c6c(C)nn(C)c6C)c54)C3=O)c3c(C)ccc(Cl)c32)c1. The predicted molar refractivity (Wildman–Crippen MR) is 227 cm³/mol. The summed E-state index contributed by atoms with van der Waals surface area (Å²) in [5.41, 5.74) is 11.7. The molecule has 0 saturated carbocycles. The number of amides is 1. The van der Waals surface area contributed by atoms with Gasteiger partial charge in [0, 0.05) is 58.9 Å². The van der Waals surface area contributed by atoms with Gasteiger partial charge in [0.2, 0.25) is 0 Å². The van der Waals surface area contributed by atoms with Crippen LogP contribution in [0.25, 0.3) is 32.9 Å². The molecule has 0 bridgehead atoms. The first-order valence-corrected chi connectivity index (χ1v) is 19.8. The summed E-state index contributed by atoms with van der Waals surface area (Å²) in [5.74, 6) is -0.673. The number of ether oxygens (including phenoxy) is 1. The fourth-order valence-electron chi connectivity index (χ4n) is 8.71. The Bertz CT molecular complexity index is 2770. The number of carbonyl (C=O) groups excluding carboxylic acids is 1. The molecule has 0 radical (unpaired) electrons. The summed E-state index contributed by atoms with van der Waals surface area (Å²) in [5, 5.41) is 18.5. The van der Waals surface area contributed by atoms with E-state index in [1.54, 1.807) is 21.7 Å². The normalized spacial score (nSPS) is 12.9. The molecular weight excluding hydrogens is 759 g/mol. The maximum atomic E-state index is 15.4. The van der Waals surface area contributed by atoms with Crippen LogP contribution in [0.4, 0.5) is 5.69 Å². The lowest BCUT2D eigenvalue weighted by Gasteiger charge is -2.30. The summed E-state index contributed by atoms with van der Waals surface area (Å²) >= 11 is 13.4. The van der Waals surface area contributed by atoms with Crippen molar-refractivity contribution in [3.8, 4) is 16.9 Å². The molecule has 0 unspecified atom stereocenters. The van der Waals surface area contributed by atoms with Crippen LogP contribution in [0.2, 0.25) is 10.0 Å². The summed E-state index contributed by atoms with van der Waals surface area (Å²) in [6.45, 7) is 13.2. The van der Waals surface area contributed by atoms with Crippen molar-refractivity contribution >= 4 is 62.6 Å². The molecule has 1 aliphatic rings. The van der Waals surface area contributed by atoms with Crippen LogP contribution in [0.5, 0.6) is 5.75 Å². The maximum Gasteiger partial charge on any atom is 0.354 e. The Morgan fingerprint density at radius 1 is 0.930 bits per heavy atom. The predicted octanol–water partition coefficient (Wildman–Crippen LogP) is 9.97. The average Bonchev–Trinajstić information content (AvgIpc) is 3.77. The summed E-state index contributed by atoms with van der Waals surface area (Å²) in [7, 11) is 1.94. The molecule has 292 valence electrons. The number of aromatic nitrogens is 5. The Labute approximate surface area is 341 Å². The molecule has 3 aromatic carbocycles. The van der Waals surface area contributed by atoms with Crippen LogP contribution in [0.15, 0.2) is 60.8 Å². The standard InChI is InChI=1S/C45H44Cl2N6O4/c1-24-15-16-48-30(20-24)23-53-41-35(46)14-13-25(2)36(41)42(43(53)45(55)56)52-18-17-51-39-32(10-8-11-34(39)37-28(5)49-50(7)29(37)6)33(40(51)44(52)54)12-9-19-57-31-21-26(3)38(47)27(4)22-31/h8,10-11,13-16,20-22H,9,12,17-19,23H2,1-7H3,(H,55,56). The van der Waals surface area contributed by atoms with Crippen LogP contribution in [0, 0.1) is 41.5 Å². The van der Waals surface area contributed by atoms with Gasteiger partial charge in [0.25, 0.3) is 5.91 Å². The van der Waals surface area contributed by atoms with Crippen molar-refractivity contribution in [2.45, 2.75) is 67.5 Å². The molecule has 8 rings (SSSR count). The van der Waals surface area contributed by atoms with E-state index in [4.69, 9.17) is 33.0 Å². The Morgan fingerprint density at radius 2 is 1.68 bits per heavy atom. The molecule has 1 N–H and O–H groups in total. The van der Waals surface area contributed by atoms with E-state index in [0.717, 1.165) is 72.0 Å². The van der Waals surface area contributed by atoms with E-state index in [0.29, 0.717) is 59.0 Å². The summed E-state index contributed by atoms with van der Waals surface area (Å²) in [6.07, 6.45) is 2.90. The van der Waals surface area contributed by atoms with Crippen molar-refractivity contribution < 1.29 is 19.4 Å². The molecule has 5 heterocycles. The molecule has 0 aliphatic carbocycles. The minimum absolute atomic E-state index is 0.00628. The topological polar surface area (TPSA) is 107 Å². The number of rotatable bonds is 10. The second-order valence-corrected chi connectivity index (χ2v) is 15.9. The third-order valence-corrected chi connectivity index (χ3v) is 12.2. The van der Waals surface area contributed by atoms with Crippen LogP contribution in [-0.4, -0.2) is 54.0 Å². The molecule has 0 fully saturated rings. The summed E-state index contributed by atoms with van der Waals surface area (Å²) in [4.78, 5) is 35.0. The number of hydrogen-bond acceptors (Lipinski definition) is 5. The third kappa shape index (κ3) is 6.45. The molecular formula is C45H44Cl2N6O4. The smallest absolute Gasteiger partial charge is 0.354 e. The fraction of sp³-hybridized carbons (Fsp3) is 0.289. The van der Waals surface area contributed by atoms with Gasteiger partial charge in [-0.2, -0.15) is 5.10 Å². The number of carboxylic acid groups (broad SMARTS) is 1. The first kappa shape index (κ1) is 38.3. The number of anilines is 1. The van der Waals surface area contributed by atoms with Crippen LogP contribution in [0.3, 0.4) is 0 Å². The second-order valence-electron chi connectivity index (χ2n) is 15.1. The Morgan fingerprint density at radius 3 is 2.37 bits per heavy atom. The fourth-order valence-corrected chi connectivity index (χ4v) is 9.08. The van der Waals surface area contributed by atoms with Crippen molar-refractivity contribution in [1.82, 2.24) is 23.9 Å². The van der Waals surface area contributed by atoms with Gasteiger partial charge >= 0.3 is 5.97 Å². The Hall–Kier alpha value is -5.58. The van der Waals surface area contributed by atoms with Gasteiger partial charge in [-0.3, -0.25) is 14.5 Å². The van der Waals surface area contributed by atoms with Gasteiger partial charge in [-0.05, 0) is 113 Å². The lowest BCUT2D eigenvalue weighted by Crippen LogP contribution is -2.41. The first-order chi connectivity index (χ1) is 27.3.